The molecule has 5 heteroatoms. The van der Waals surface area contributed by atoms with Gasteiger partial charge in [-0.1, -0.05) is 60.7 Å². The molecule has 0 atom stereocenters. The van der Waals surface area contributed by atoms with Crippen molar-refractivity contribution < 1.29 is 9.59 Å². The quantitative estimate of drug-likeness (QED) is 0.369. The van der Waals surface area contributed by atoms with Crippen LogP contribution < -0.4 is 0 Å². The molecule has 3 aromatic rings. The molecule has 0 aliphatic carbocycles. The summed E-state index contributed by atoms with van der Waals surface area (Å²) >= 11 is 4.66. The average Bonchev–Trinajstić information content (AvgIpc) is 3.13. The molecular formula is C20H16O2S3. The van der Waals surface area contributed by atoms with E-state index in [1.807, 2.05) is 71.4 Å². The molecule has 0 bridgehead atoms. The van der Waals surface area contributed by atoms with Gasteiger partial charge in [-0.15, -0.1) is 23.5 Å². The number of hydrogen-bond donors (Lipinski definition) is 0. The molecule has 2 nitrogen and oxygen atoms in total. The zero-order valence-electron chi connectivity index (χ0n) is 13.4. The number of carbonyl (C=O) groups is 2. The van der Waals surface area contributed by atoms with Crippen LogP contribution in [0.5, 0.6) is 0 Å². The number of hydrogen-bond acceptors (Lipinski definition) is 5. The van der Waals surface area contributed by atoms with Crippen molar-refractivity contribution in [3.63, 3.8) is 0 Å². The largest absolute Gasteiger partial charge is 0.293 e. The fraction of sp³-hybridized carbons (Fsp3) is 0.100. The molecule has 0 aliphatic heterocycles. The summed E-state index contributed by atoms with van der Waals surface area (Å²) in [6.07, 6.45) is 0. The topological polar surface area (TPSA) is 34.1 Å². The van der Waals surface area contributed by atoms with Crippen molar-refractivity contribution in [2.75, 3.05) is 11.5 Å². The third-order valence-electron chi connectivity index (χ3n) is 3.50. The van der Waals surface area contributed by atoms with Crippen molar-refractivity contribution >= 4 is 46.4 Å². The molecule has 0 saturated heterocycles. The summed E-state index contributed by atoms with van der Waals surface area (Å²) in [6, 6.07) is 18.7. The first kappa shape index (κ1) is 18.0. The number of rotatable bonds is 8. The van der Waals surface area contributed by atoms with Crippen LogP contribution in [0.3, 0.4) is 0 Å². The lowest BCUT2D eigenvalue weighted by molar-refractivity contribution is 0.101. The smallest absolute Gasteiger partial charge is 0.173 e. The fourth-order valence-corrected chi connectivity index (χ4v) is 5.44. The maximum absolute atomic E-state index is 12.2. The average molecular weight is 385 g/mol. The normalized spacial score (nSPS) is 10.6. The van der Waals surface area contributed by atoms with Gasteiger partial charge in [-0.2, -0.15) is 11.3 Å². The van der Waals surface area contributed by atoms with E-state index in [1.54, 1.807) is 11.3 Å². The van der Waals surface area contributed by atoms with Gasteiger partial charge in [0.05, 0.1) is 11.5 Å². The predicted octanol–water partition coefficient (Wildman–Crippen LogP) is 5.70. The Kier molecular flexibility index (Phi) is 6.50. The summed E-state index contributed by atoms with van der Waals surface area (Å²) in [6.45, 7) is 0. The summed E-state index contributed by atoms with van der Waals surface area (Å²) < 4.78 is 0. The van der Waals surface area contributed by atoms with E-state index in [1.165, 1.54) is 23.5 Å². The molecule has 0 unspecified atom stereocenters. The second kappa shape index (κ2) is 9.04. The standard InChI is InChI=1S/C20H16O2S3/c21-17(15-7-3-1-4-8-15)11-24-19-13-23-14-20(19)25-12-18(22)16-9-5-2-6-10-16/h1-10,13-14H,11-12H2. The van der Waals surface area contributed by atoms with Gasteiger partial charge >= 0.3 is 0 Å². The summed E-state index contributed by atoms with van der Waals surface area (Å²) in [4.78, 5) is 26.6. The van der Waals surface area contributed by atoms with E-state index in [9.17, 15) is 9.59 Å². The molecule has 0 spiro atoms. The molecule has 0 saturated carbocycles. The van der Waals surface area contributed by atoms with Crippen LogP contribution in [-0.4, -0.2) is 23.1 Å². The molecule has 0 N–H and O–H groups in total. The molecule has 126 valence electrons. The van der Waals surface area contributed by atoms with Crippen LogP contribution in [0, 0.1) is 0 Å². The zero-order chi connectivity index (χ0) is 17.5. The molecule has 2 aromatic carbocycles. The molecule has 25 heavy (non-hydrogen) atoms. The first-order chi connectivity index (χ1) is 12.2. The van der Waals surface area contributed by atoms with Gasteiger partial charge in [0.15, 0.2) is 11.6 Å². The lowest BCUT2D eigenvalue weighted by Gasteiger charge is -2.04. The van der Waals surface area contributed by atoms with Crippen molar-refractivity contribution in [2.24, 2.45) is 0 Å². The predicted molar refractivity (Wildman–Crippen MR) is 107 cm³/mol. The van der Waals surface area contributed by atoms with E-state index < -0.39 is 0 Å². The molecule has 1 heterocycles. The van der Waals surface area contributed by atoms with Crippen LogP contribution in [0.4, 0.5) is 0 Å². The number of benzene rings is 2. The van der Waals surface area contributed by atoms with Crippen molar-refractivity contribution in [1.29, 1.82) is 0 Å². The van der Waals surface area contributed by atoms with E-state index >= 15 is 0 Å². The SMILES string of the molecule is O=C(CSc1cscc1SCC(=O)c1ccccc1)c1ccccc1. The molecule has 1 aromatic heterocycles. The highest BCUT2D eigenvalue weighted by Gasteiger charge is 2.12. The minimum absolute atomic E-state index is 0.119. The summed E-state index contributed by atoms with van der Waals surface area (Å²) in [5.41, 5.74) is 1.47. The minimum Gasteiger partial charge on any atom is -0.293 e. The van der Waals surface area contributed by atoms with E-state index in [4.69, 9.17) is 0 Å². The Morgan fingerprint density at radius 1 is 0.680 bits per heavy atom. The van der Waals surface area contributed by atoms with Crippen molar-refractivity contribution in [1.82, 2.24) is 0 Å². The molecule has 0 aliphatic rings. The van der Waals surface area contributed by atoms with Crippen LogP contribution in [0.15, 0.2) is 81.2 Å². The highest BCUT2D eigenvalue weighted by molar-refractivity contribution is 8.03. The number of ketones is 2. The van der Waals surface area contributed by atoms with Crippen molar-refractivity contribution in [2.45, 2.75) is 9.79 Å². The van der Waals surface area contributed by atoms with Crippen LogP contribution in [-0.2, 0) is 0 Å². The van der Waals surface area contributed by atoms with Gasteiger partial charge in [0.2, 0.25) is 0 Å². The Labute approximate surface area is 159 Å². The van der Waals surface area contributed by atoms with Gasteiger partial charge < -0.3 is 0 Å². The van der Waals surface area contributed by atoms with Crippen LogP contribution in [0.25, 0.3) is 0 Å². The molecule has 0 radical (unpaired) electrons. The number of thioether (sulfide) groups is 2. The molecular weight excluding hydrogens is 368 g/mol. The van der Waals surface area contributed by atoms with Crippen LogP contribution in [0.2, 0.25) is 0 Å². The Bertz CT molecular complexity index is 772. The zero-order valence-corrected chi connectivity index (χ0v) is 15.8. The highest BCUT2D eigenvalue weighted by atomic mass is 32.2. The maximum atomic E-state index is 12.2. The first-order valence-electron chi connectivity index (χ1n) is 7.72. The third-order valence-corrected chi connectivity index (χ3v) is 6.78. The van der Waals surface area contributed by atoms with E-state index in [0.717, 1.165) is 20.9 Å². The number of Topliss-reactive ketones (excluding diaryl/α,β-unsaturated/α-hetero) is 2. The van der Waals surface area contributed by atoms with Crippen LogP contribution in [0.1, 0.15) is 20.7 Å². The Morgan fingerprint density at radius 3 is 1.48 bits per heavy atom. The van der Waals surface area contributed by atoms with E-state index in [0.29, 0.717) is 11.5 Å². The maximum Gasteiger partial charge on any atom is 0.173 e. The van der Waals surface area contributed by atoms with Crippen molar-refractivity contribution in [3.05, 3.63) is 82.6 Å². The lowest BCUT2D eigenvalue weighted by atomic mass is 10.2. The summed E-state index contributed by atoms with van der Waals surface area (Å²) in [7, 11) is 0. The fourth-order valence-electron chi connectivity index (χ4n) is 2.19. The van der Waals surface area contributed by atoms with Crippen LogP contribution >= 0.6 is 34.9 Å². The molecule has 0 fully saturated rings. The summed E-state index contributed by atoms with van der Waals surface area (Å²) in [5, 5.41) is 4.08. The van der Waals surface area contributed by atoms with Gasteiger partial charge in [-0.05, 0) is 0 Å². The first-order valence-corrected chi connectivity index (χ1v) is 10.6. The van der Waals surface area contributed by atoms with Gasteiger partial charge in [-0.25, -0.2) is 0 Å². The minimum atomic E-state index is 0.119. The number of carbonyl (C=O) groups excluding carboxylic acids is 2. The van der Waals surface area contributed by atoms with Gasteiger partial charge in [0.1, 0.15) is 0 Å². The van der Waals surface area contributed by atoms with Gasteiger partial charge in [0.25, 0.3) is 0 Å². The second-order valence-electron chi connectivity index (χ2n) is 5.26. The molecule has 3 rings (SSSR count). The second-order valence-corrected chi connectivity index (χ2v) is 8.03. The lowest BCUT2D eigenvalue weighted by Crippen LogP contribution is -2.02. The Balaban J connectivity index is 1.56. The highest BCUT2D eigenvalue weighted by Crippen LogP contribution is 2.34. The monoisotopic (exact) mass is 384 g/mol. The summed E-state index contributed by atoms with van der Waals surface area (Å²) in [5.74, 6) is 1.04. The van der Waals surface area contributed by atoms with E-state index in [-0.39, 0.29) is 11.6 Å². The third kappa shape index (κ3) is 5.08. The van der Waals surface area contributed by atoms with Crippen molar-refractivity contribution in [3.8, 4) is 0 Å². The van der Waals surface area contributed by atoms with Gasteiger partial charge in [-0.3, -0.25) is 9.59 Å². The Hall–Kier alpha value is -1.82. The van der Waals surface area contributed by atoms with E-state index in [2.05, 4.69) is 0 Å². The van der Waals surface area contributed by atoms with Gasteiger partial charge in [0, 0.05) is 31.7 Å². The molecule has 0 amide bonds. The number of thiophene rings is 1. The Morgan fingerprint density at radius 2 is 1.08 bits per heavy atom.